The highest BCUT2D eigenvalue weighted by molar-refractivity contribution is 6.35. The summed E-state index contributed by atoms with van der Waals surface area (Å²) in [5, 5.41) is 18.2. The van der Waals surface area contributed by atoms with Gasteiger partial charge < -0.3 is 0 Å². The molecule has 4 rings (SSSR count). The first-order valence-corrected chi connectivity index (χ1v) is 9.13. The summed E-state index contributed by atoms with van der Waals surface area (Å²) < 4.78 is 3.36. The molecule has 0 aliphatic heterocycles. The summed E-state index contributed by atoms with van der Waals surface area (Å²) in [7, 11) is 1.77. The second-order valence-corrected chi connectivity index (χ2v) is 7.24. The van der Waals surface area contributed by atoms with Crippen LogP contribution >= 0.6 is 34.8 Å². The number of benzene rings is 2. The minimum atomic E-state index is 0.489. The first-order chi connectivity index (χ1) is 13.0. The van der Waals surface area contributed by atoms with Crippen molar-refractivity contribution in [1.82, 2.24) is 30.0 Å². The molecule has 0 fully saturated rings. The normalized spacial score (nSPS) is 11.1. The number of rotatable bonds is 3. The number of aryl methyl sites for hydroxylation is 1. The highest BCUT2D eigenvalue weighted by Gasteiger charge is 2.22. The van der Waals surface area contributed by atoms with Crippen molar-refractivity contribution in [3.63, 3.8) is 0 Å². The fourth-order valence-electron chi connectivity index (χ4n) is 2.91. The molecule has 27 heavy (non-hydrogen) atoms. The average molecular weight is 420 g/mol. The van der Waals surface area contributed by atoms with Gasteiger partial charge in [0.25, 0.3) is 0 Å². The first kappa shape index (κ1) is 18.0. The Morgan fingerprint density at radius 3 is 2.26 bits per heavy atom. The molecule has 2 aromatic heterocycles. The number of tetrazole rings is 1. The van der Waals surface area contributed by atoms with E-state index >= 15 is 0 Å². The van der Waals surface area contributed by atoms with Crippen molar-refractivity contribution < 1.29 is 0 Å². The maximum absolute atomic E-state index is 6.45. The van der Waals surface area contributed by atoms with Crippen molar-refractivity contribution in [3.05, 3.63) is 63.1 Å². The fraction of sp³-hybridized carbons (Fsp3) is 0.111. The van der Waals surface area contributed by atoms with E-state index in [1.807, 2.05) is 37.3 Å². The lowest BCUT2D eigenvalue weighted by Gasteiger charge is -2.11. The second-order valence-electron chi connectivity index (χ2n) is 5.96. The van der Waals surface area contributed by atoms with Crippen LogP contribution in [0, 0.1) is 6.92 Å². The van der Waals surface area contributed by atoms with Crippen LogP contribution in [0.15, 0.2) is 42.5 Å². The average Bonchev–Trinajstić information content (AvgIpc) is 3.19. The maximum Gasteiger partial charge on any atom is 0.202 e. The maximum atomic E-state index is 6.45. The molecule has 0 spiro atoms. The van der Waals surface area contributed by atoms with Gasteiger partial charge in [-0.3, -0.25) is 0 Å². The van der Waals surface area contributed by atoms with Crippen LogP contribution in [0.25, 0.3) is 28.5 Å². The predicted molar refractivity (Wildman–Crippen MR) is 107 cm³/mol. The summed E-state index contributed by atoms with van der Waals surface area (Å²) in [5.74, 6) is 0.562. The molecular formula is C18H13Cl3N6. The van der Waals surface area contributed by atoms with Crippen LogP contribution in [0.1, 0.15) is 5.56 Å². The monoisotopic (exact) mass is 418 g/mol. The van der Waals surface area contributed by atoms with Crippen molar-refractivity contribution in [2.24, 2.45) is 7.05 Å². The molecular weight excluding hydrogens is 407 g/mol. The molecule has 0 saturated heterocycles. The van der Waals surface area contributed by atoms with Gasteiger partial charge in [0.05, 0.1) is 16.4 Å². The molecule has 0 aliphatic carbocycles. The van der Waals surface area contributed by atoms with Gasteiger partial charge >= 0.3 is 0 Å². The molecule has 0 saturated carbocycles. The third-order valence-electron chi connectivity index (χ3n) is 4.21. The fourth-order valence-corrected chi connectivity index (χ4v) is 3.53. The van der Waals surface area contributed by atoms with Gasteiger partial charge in [-0.1, -0.05) is 46.9 Å². The molecule has 6 nitrogen and oxygen atoms in total. The number of halogens is 3. The van der Waals surface area contributed by atoms with Crippen molar-refractivity contribution in [3.8, 4) is 28.5 Å². The molecule has 2 heterocycles. The topological polar surface area (TPSA) is 61.4 Å². The summed E-state index contributed by atoms with van der Waals surface area (Å²) in [5.41, 5.74) is 4.10. The zero-order valence-corrected chi connectivity index (χ0v) is 16.6. The summed E-state index contributed by atoms with van der Waals surface area (Å²) in [6.07, 6.45) is 0. The predicted octanol–water partition coefficient (Wildman–Crippen LogP) is 5.00. The Morgan fingerprint density at radius 2 is 1.63 bits per heavy atom. The van der Waals surface area contributed by atoms with Crippen molar-refractivity contribution in [2.75, 3.05) is 0 Å². The smallest absolute Gasteiger partial charge is 0.202 e. The lowest BCUT2D eigenvalue weighted by molar-refractivity contribution is 0.712. The van der Waals surface area contributed by atoms with E-state index in [-0.39, 0.29) is 0 Å². The Bertz CT molecular complexity index is 1130. The molecule has 136 valence electrons. The molecule has 0 amide bonds. The van der Waals surface area contributed by atoms with Crippen LogP contribution in [0.2, 0.25) is 15.1 Å². The van der Waals surface area contributed by atoms with E-state index in [1.165, 1.54) is 0 Å². The molecule has 4 aromatic rings. The van der Waals surface area contributed by atoms with Gasteiger partial charge in [0.15, 0.2) is 0 Å². The highest BCUT2D eigenvalue weighted by Crippen LogP contribution is 2.35. The first-order valence-electron chi connectivity index (χ1n) is 7.99. The van der Waals surface area contributed by atoms with E-state index in [0.29, 0.717) is 32.3 Å². The molecule has 0 N–H and O–H groups in total. The zero-order chi connectivity index (χ0) is 19.1. The quantitative estimate of drug-likeness (QED) is 0.469. The van der Waals surface area contributed by atoms with E-state index in [2.05, 4.69) is 15.5 Å². The van der Waals surface area contributed by atoms with Gasteiger partial charge in [0, 0.05) is 28.2 Å². The van der Waals surface area contributed by atoms with Crippen LogP contribution in [0.4, 0.5) is 0 Å². The summed E-state index contributed by atoms with van der Waals surface area (Å²) in [6, 6.07) is 12.8. The van der Waals surface area contributed by atoms with Crippen molar-refractivity contribution in [1.29, 1.82) is 0 Å². The van der Waals surface area contributed by atoms with Crippen LogP contribution < -0.4 is 0 Å². The van der Waals surface area contributed by atoms with Crippen LogP contribution in [-0.4, -0.2) is 30.0 Å². The minimum absolute atomic E-state index is 0.489. The zero-order valence-electron chi connectivity index (χ0n) is 14.4. The van der Waals surface area contributed by atoms with Crippen LogP contribution in [-0.2, 0) is 7.05 Å². The standard InChI is InChI=1S/C18H13Cl3N6/c1-10-16(18-22-24-25-26(18)2)23-27(15-8-7-13(20)9-14(15)21)17(10)11-3-5-12(19)6-4-11/h3-9H,1-2H3. The third-order valence-corrected chi connectivity index (χ3v) is 5.00. The molecule has 0 atom stereocenters. The van der Waals surface area contributed by atoms with Gasteiger partial charge in [-0.05, 0) is 47.7 Å². The summed E-state index contributed by atoms with van der Waals surface area (Å²) >= 11 is 18.6. The lowest BCUT2D eigenvalue weighted by Crippen LogP contribution is -2.01. The van der Waals surface area contributed by atoms with Gasteiger partial charge in [-0.25, -0.2) is 9.36 Å². The van der Waals surface area contributed by atoms with Gasteiger partial charge in [0.2, 0.25) is 5.82 Å². The van der Waals surface area contributed by atoms with Crippen LogP contribution in [0.3, 0.4) is 0 Å². The van der Waals surface area contributed by atoms with Crippen molar-refractivity contribution >= 4 is 34.8 Å². The number of hydrogen-bond acceptors (Lipinski definition) is 4. The Morgan fingerprint density at radius 1 is 0.926 bits per heavy atom. The van der Waals surface area contributed by atoms with Gasteiger partial charge in [-0.15, -0.1) is 5.10 Å². The molecule has 0 radical (unpaired) electrons. The Balaban J connectivity index is 2.01. The van der Waals surface area contributed by atoms with E-state index in [0.717, 1.165) is 16.8 Å². The number of nitrogens with zero attached hydrogens (tertiary/aromatic N) is 6. The SMILES string of the molecule is Cc1c(-c2nnnn2C)nn(-c2ccc(Cl)cc2Cl)c1-c1ccc(Cl)cc1. The molecule has 0 bridgehead atoms. The van der Waals surface area contributed by atoms with E-state index in [9.17, 15) is 0 Å². The van der Waals surface area contributed by atoms with E-state index in [1.54, 1.807) is 28.5 Å². The number of aromatic nitrogens is 6. The Kier molecular flexibility index (Phi) is 4.63. The van der Waals surface area contributed by atoms with Crippen LogP contribution in [0.5, 0.6) is 0 Å². The largest absolute Gasteiger partial charge is 0.231 e. The number of hydrogen-bond donors (Lipinski definition) is 0. The highest BCUT2D eigenvalue weighted by atomic mass is 35.5. The summed E-state index contributed by atoms with van der Waals surface area (Å²) in [6.45, 7) is 1.97. The van der Waals surface area contributed by atoms with E-state index in [4.69, 9.17) is 39.9 Å². The molecule has 0 unspecified atom stereocenters. The minimum Gasteiger partial charge on any atom is -0.231 e. The second kappa shape index (κ2) is 6.96. The Labute approximate surface area is 170 Å². The van der Waals surface area contributed by atoms with Gasteiger partial charge in [-0.2, -0.15) is 5.10 Å². The van der Waals surface area contributed by atoms with Crippen molar-refractivity contribution in [2.45, 2.75) is 6.92 Å². The van der Waals surface area contributed by atoms with E-state index < -0.39 is 0 Å². The molecule has 9 heteroatoms. The lowest BCUT2D eigenvalue weighted by atomic mass is 10.1. The third kappa shape index (κ3) is 3.20. The van der Waals surface area contributed by atoms with Gasteiger partial charge in [0.1, 0.15) is 5.69 Å². The summed E-state index contributed by atoms with van der Waals surface area (Å²) in [4.78, 5) is 0. The Hall–Kier alpha value is -2.41. The molecule has 0 aliphatic rings. The molecule has 2 aromatic carbocycles.